The number of nitrogens with one attached hydrogen (secondary N) is 4. The topological polar surface area (TPSA) is 397 Å². The maximum atomic E-state index is 15.0. The van der Waals surface area contributed by atoms with Crippen LogP contribution in [0.4, 0.5) is 49.6 Å². The quantitative estimate of drug-likeness (QED) is 0.0417. The number of nitrogen functional groups attached to an aromatic ring is 4. The minimum absolute atomic E-state index is 0.00467. The van der Waals surface area contributed by atoms with E-state index in [1.807, 2.05) is 61.6 Å². The molecule has 16 heterocycles. The number of halogens is 6. The van der Waals surface area contributed by atoms with Crippen molar-refractivity contribution in [2.24, 2.45) is 0 Å². The number of hydrogen-bond donors (Lipinski definition) is 8. The lowest BCUT2D eigenvalue weighted by molar-refractivity contribution is 0.371. The van der Waals surface area contributed by atoms with Crippen molar-refractivity contribution >= 4 is 68.6 Å². The van der Waals surface area contributed by atoms with E-state index in [4.69, 9.17) is 32.4 Å². The molecule has 0 spiro atoms. The molecule has 0 unspecified atom stereocenters. The van der Waals surface area contributed by atoms with Crippen LogP contribution in [0.1, 0.15) is 129 Å². The summed E-state index contributed by atoms with van der Waals surface area (Å²) >= 11 is 7.07. The molecule has 692 valence electrons. The maximum absolute atomic E-state index is 15.0. The Balaban J connectivity index is 0.000000124. The van der Waals surface area contributed by atoms with Gasteiger partial charge in [0.2, 0.25) is 11.6 Å². The van der Waals surface area contributed by atoms with E-state index in [1.54, 1.807) is 84.8 Å². The molecule has 0 radical (unpaired) electrons. The van der Waals surface area contributed by atoms with Gasteiger partial charge in [-0.3, -0.25) is 0 Å². The Morgan fingerprint density at radius 1 is 0.366 bits per heavy atom. The van der Waals surface area contributed by atoms with Gasteiger partial charge in [0, 0.05) is 123 Å². The summed E-state index contributed by atoms with van der Waals surface area (Å²) < 4.78 is 103. The number of hydrogen-bond acceptors (Lipinski definition) is 30. The highest BCUT2D eigenvalue weighted by atomic mass is 32.1. The van der Waals surface area contributed by atoms with E-state index in [0.717, 1.165) is 159 Å². The fourth-order valence-corrected chi connectivity index (χ4v) is 22.3. The van der Waals surface area contributed by atoms with E-state index in [-0.39, 0.29) is 80.0 Å². The minimum atomic E-state index is -1.13. The molecule has 16 aromatic rings. The van der Waals surface area contributed by atoms with Gasteiger partial charge in [0.05, 0.1) is 36.5 Å². The number of rotatable bonds is 16. The van der Waals surface area contributed by atoms with Crippen molar-refractivity contribution in [1.29, 1.82) is 0 Å². The molecule has 2 saturated heterocycles. The molecule has 12 N–H and O–H groups in total. The van der Waals surface area contributed by atoms with Crippen molar-refractivity contribution < 1.29 is 35.8 Å². The summed E-state index contributed by atoms with van der Waals surface area (Å²) in [6, 6.07) is 28.9. The highest BCUT2D eigenvalue weighted by Crippen LogP contribution is 2.47. The van der Waals surface area contributed by atoms with Crippen LogP contribution in [0.25, 0.3) is 110 Å². The van der Waals surface area contributed by atoms with E-state index in [9.17, 15) is 17.6 Å². The Labute approximate surface area is 783 Å². The second-order valence-corrected chi connectivity index (χ2v) is 39.1. The number of thiophene rings is 4. The lowest BCUT2D eigenvalue weighted by Crippen LogP contribution is -2.31. The van der Waals surface area contributed by atoms with Gasteiger partial charge in [-0.2, -0.15) is 27.5 Å². The van der Waals surface area contributed by atoms with Crippen LogP contribution in [0.15, 0.2) is 122 Å². The van der Waals surface area contributed by atoms with Gasteiger partial charge in [-0.1, -0.05) is 39.8 Å². The number of fused-ring (bicyclic) bond motifs is 2. The van der Waals surface area contributed by atoms with Gasteiger partial charge in [-0.25, -0.2) is 37.5 Å². The Bertz CT molecular complexity index is 7060. The van der Waals surface area contributed by atoms with E-state index >= 15 is 8.78 Å². The predicted octanol–water partition coefficient (Wildman–Crippen LogP) is 16.6. The minimum Gasteiger partial charge on any atom is -0.494 e. The molecule has 4 aromatic carbocycles. The fraction of sp³-hybridized carbons (Fsp3) is 0.319. The number of methoxy groups -OCH3 is 2. The second kappa shape index (κ2) is 38.8. The molecule has 0 amide bonds. The van der Waals surface area contributed by atoms with Crippen LogP contribution < -0.4 is 53.7 Å². The van der Waals surface area contributed by atoms with Gasteiger partial charge in [0.15, 0.2) is 58.1 Å². The first-order valence-corrected chi connectivity index (χ1v) is 46.8. The van der Waals surface area contributed by atoms with E-state index in [2.05, 4.69) is 169 Å². The molecule has 20 rings (SSSR count). The Morgan fingerprint density at radius 2 is 0.679 bits per heavy atom. The van der Waals surface area contributed by atoms with Crippen LogP contribution in [0.3, 0.4) is 0 Å². The first-order chi connectivity index (χ1) is 64.5. The molecule has 0 saturated carbocycles. The summed E-state index contributed by atoms with van der Waals surface area (Å²) in [4.78, 5) is 27.5. The Kier molecular flexibility index (Phi) is 26.8. The van der Waals surface area contributed by atoms with Crippen LogP contribution in [0.5, 0.6) is 11.5 Å². The maximum Gasteiger partial charge on any atom is 0.202 e. The molecule has 0 atom stereocenters. The summed E-state index contributed by atoms with van der Waals surface area (Å²) in [5.74, 6) is -2.55. The van der Waals surface area contributed by atoms with Gasteiger partial charge in [0.1, 0.15) is 46.0 Å². The lowest BCUT2D eigenvalue weighted by Gasteiger charge is -2.23. The number of piperidine rings is 2. The van der Waals surface area contributed by atoms with E-state index < -0.39 is 23.3 Å². The average molecular weight is 1890 g/mol. The van der Waals surface area contributed by atoms with Crippen molar-refractivity contribution in [2.75, 3.05) is 89.5 Å². The molecule has 4 aliphatic heterocycles. The molecular formula is C94H98F6N28O2S4. The van der Waals surface area contributed by atoms with Gasteiger partial charge < -0.3 is 53.7 Å². The standard InChI is InChI=1S/2C24H26FN7S.2C23H23F2N7OS/c1-13-5-6-18(21(25)14(13)2)32-23(29-30-31-32)16-9-15(11-28-22(16)26)20-10-17-19(33-20)7-8-27-12-24(17,3)4;1-13-4-5-19(21(25)15(13)3)32-24(29-30-31-32)18-11-17(12-28-23(18)26)22-14(2)10-20(33-22)16-6-8-27-9-7-16;1-23(2)11-27-7-6-17-14(23)9-18(34-17)12-8-13(21(26)28-10-12)22-29-30-31-32(22)15-4-5-16(33-3)20(25)19(15)24;1-12-9-18(13-5-7-27-8-6-13)34-21(12)14-10-15(22(26)28-11-14)23-29-30-31-32(23)16-3-4-17(33-2)20(25)19(16)24/h5-6,9-11,27H,7-8,12H2,1-4H3,(H2,26,28);4-5,10-12,16,27H,6-9H2,1-3H3,(H2,26,28);4-5,8-10,27H,6-7,11H2,1-3H3,(H2,26,28);3-4,9-11,13,27H,5-8H2,1-2H3,(H2,26,28). The molecule has 2 fully saturated rings. The Morgan fingerprint density at radius 3 is 1.01 bits per heavy atom. The first-order valence-electron chi connectivity index (χ1n) is 43.5. The van der Waals surface area contributed by atoms with Gasteiger partial charge in [0.25, 0.3) is 0 Å². The number of nitrogens with two attached hydrogens (primary N) is 4. The molecule has 0 bridgehead atoms. The highest BCUT2D eigenvalue weighted by molar-refractivity contribution is 7.16. The number of tetrazole rings is 4. The third kappa shape index (κ3) is 18.5. The van der Waals surface area contributed by atoms with Crippen LogP contribution >= 0.6 is 45.3 Å². The average Bonchev–Trinajstić information content (AvgIpc) is 1.64. The molecular weight excluding hydrogens is 1800 g/mol. The SMILES string of the molecule is COc1ccc(-n2nnnc2-c2cc(-c3cc4c(s3)CCNCC4(C)C)cnc2N)c(F)c1F.COc1ccc(-n2nnnc2-c2cc(-c3sc(C4CCNCC4)cc3C)cnc2N)c(F)c1F.Cc1cc(C2CCNCC2)sc1-c1cnc(N)c(-c2nnnn2-c2ccc(C)c(C)c2F)c1.Cc1ccc(-n2nnnc2-c2cc(-c3cc4c(s3)CCNCC4(C)C)cnc2N)c(F)c1C. The van der Waals surface area contributed by atoms with E-state index in [1.165, 1.54) is 84.0 Å². The molecule has 4 aliphatic rings. The van der Waals surface area contributed by atoms with Crippen LogP contribution in [-0.4, -0.2) is 167 Å². The number of ether oxygens (including phenoxy) is 2. The number of aromatic nitrogens is 20. The smallest absolute Gasteiger partial charge is 0.202 e. The number of benzene rings is 4. The number of pyridine rings is 4. The third-order valence-electron chi connectivity index (χ3n) is 24.9. The third-order valence-corrected chi connectivity index (χ3v) is 30.3. The fourth-order valence-electron chi connectivity index (χ4n) is 17.0. The van der Waals surface area contributed by atoms with Crippen molar-refractivity contribution in [3.8, 4) is 122 Å². The summed E-state index contributed by atoms with van der Waals surface area (Å²) in [6.45, 7) is 28.3. The first kappa shape index (κ1) is 92.6. The Hall–Kier alpha value is -13.2. The van der Waals surface area contributed by atoms with Crippen LogP contribution in [-0.2, 0) is 23.7 Å². The van der Waals surface area contributed by atoms with Gasteiger partial charge in [-0.15, -0.1) is 65.7 Å². The highest BCUT2D eigenvalue weighted by Gasteiger charge is 2.34. The molecule has 40 heteroatoms. The normalized spacial score (nSPS) is 14.9. The van der Waals surface area contributed by atoms with Crippen LogP contribution in [0, 0.1) is 76.4 Å². The summed E-state index contributed by atoms with van der Waals surface area (Å²) in [6.07, 6.45) is 13.5. The zero-order chi connectivity index (χ0) is 94.3. The van der Waals surface area contributed by atoms with Gasteiger partial charge in [-0.05, 0) is 289 Å². The largest absolute Gasteiger partial charge is 0.494 e. The monoisotopic (exact) mass is 1890 g/mol. The van der Waals surface area contributed by atoms with Crippen LogP contribution in [0.2, 0.25) is 0 Å². The lowest BCUT2D eigenvalue weighted by atomic mass is 9.85. The zero-order valence-corrected chi connectivity index (χ0v) is 78.8. The zero-order valence-electron chi connectivity index (χ0n) is 75.6. The van der Waals surface area contributed by atoms with Crippen molar-refractivity contribution in [3.63, 3.8) is 0 Å². The van der Waals surface area contributed by atoms with Crippen molar-refractivity contribution in [3.05, 3.63) is 221 Å². The van der Waals surface area contributed by atoms with Crippen molar-refractivity contribution in [2.45, 2.75) is 130 Å². The van der Waals surface area contributed by atoms with Gasteiger partial charge >= 0.3 is 0 Å². The van der Waals surface area contributed by atoms with E-state index in [0.29, 0.717) is 68.5 Å². The van der Waals surface area contributed by atoms with Crippen molar-refractivity contribution in [1.82, 2.24) is 122 Å². The molecule has 0 aliphatic carbocycles. The molecule has 134 heavy (non-hydrogen) atoms. The second-order valence-electron chi connectivity index (χ2n) is 34.7. The summed E-state index contributed by atoms with van der Waals surface area (Å²) in [5.41, 5.74) is 38.6. The molecule has 12 aromatic heterocycles. The number of anilines is 4. The number of aryl methyl sites for hydroxylation is 4. The number of nitrogens with zero attached hydrogens (tertiary/aromatic N) is 20. The summed E-state index contributed by atoms with van der Waals surface area (Å²) in [7, 11) is 2.53. The molecule has 30 nitrogen and oxygen atoms in total. The predicted molar refractivity (Wildman–Crippen MR) is 511 cm³/mol. The summed E-state index contributed by atoms with van der Waals surface area (Å²) in [5, 5.41) is 61.0.